The van der Waals surface area contributed by atoms with Crippen molar-refractivity contribution in [3.05, 3.63) is 12.1 Å². The average Bonchev–Trinajstić information content (AvgIpc) is 2.48. The maximum atomic E-state index is 5.38. The zero-order valence-electron chi connectivity index (χ0n) is 12.9. The van der Waals surface area contributed by atoms with E-state index in [-0.39, 0.29) is 0 Å². The lowest BCUT2D eigenvalue weighted by Gasteiger charge is -2.28. The van der Waals surface area contributed by atoms with E-state index in [4.69, 9.17) is 14.2 Å². The van der Waals surface area contributed by atoms with Gasteiger partial charge in [-0.25, -0.2) is 0 Å². The Kier molecular flexibility index (Phi) is 4.99. The van der Waals surface area contributed by atoms with Crippen molar-refractivity contribution in [3.63, 3.8) is 0 Å². The average molecular weight is 279 g/mol. The van der Waals surface area contributed by atoms with Gasteiger partial charge < -0.3 is 19.5 Å². The third-order valence-corrected chi connectivity index (χ3v) is 4.05. The van der Waals surface area contributed by atoms with Gasteiger partial charge in [-0.05, 0) is 31.6 Å². The Hall–Kier alpha value is -1.58. The molecule has 20 heavy (non-hydrogen) atoms. The van der Waals surface area contributed by atoms with Crippen molar-refractivity contribution < 1.29 is 14.2 Å². The number of benzene rings is 1. The summed E-state index contributed by atoms with van der Waals surface area (Å²) in [6.07, 6.45) is 5.03. The number of rotatable bonds is 5. The van der Waals surface area contributed by atoms with Gasteiger partial charge in [0.05, 0.1) is 21.3 Å². The fraction of sp³-hybridized carbons (Fsp3) is 0.625. The number of nitrogens with one attached hydrogen (secondary N) is 1. The normalized spacial score (nSPS) is 22.2. The minimum Gasteiger partial charge on any atom is -0.493 e. The van der Waals surface area contributed by atoms with Crippen molar-refractivity contribution in [1.29, 1.82) is 0 Å². The monoisotopic (exact) mass is 279 g/mol. The molecule has 0 aromatic heterocycles. The first-order valence-corrected chi connectivity index (χ1v) is 7.24. The van der Waals surface area contributed by atoms with E-state index in [1.54, 1.807) is 21.3 Å². The van der Waals surface area contributed by atoms with E-state index in [2.05, 4.69) is 12.2 Å². The lowest BCUT2D eigenvalue weighted by Crippen LogP contribution is -2.25. The predicted molar refractivity (Wildman–Crippen MR) is 81.1 cm³/mol. The Bertz CT molecular complexity index is 414. The Labute approximate surface area is 121 Å². The highest BCUT2D eigenvalue weighted by Crippen LogP contribution is 2.40. The SMILES string of the molecule is COc1cc(NC2CCC(C)CC2)cc(OC)c1OC. The van der Waals surface area contributed by atoms with Gasteiger partial charge in [0.15, 0.2) is 11.5 Å². The van der Waals surface area contributed by atoms with Crippen LogP contribution in [0.3, 0.4) is 0 Å². The number of ether oxygens (including phenoxy) is 3. The van der Waals surface area contributed by atoms with Crippen molar-refractivity contribution >= 4 is 5.69 Å². The second-order valence-electron chi connectivity index (χ2n) is 5.52. The van der Waals surface area contributed by atoms with Gasteiger partial charge in [-0.2, -0.15) is 0 Å². The van der Waals surface area contributed by atoms with Crippen LogP contribution in [-0.2, 0) is 0 Å². The molecule has 112 valence electrons. The maximum Gasteiger partial charge on any atom is 0.203 e. The summed E-state index contributed by atoms with van der Waals surface area (Å²) < 4.78 is 16.1. The smallest absolute Gasteiger partial charge is 0.203 e. The predicted octanol–water partition coefficient (Wildman–Crippen LogP) is 3.70. The molecule has 0 unspecified atom stereocenters. The molecule has 0 spiro atoms. The molecule has 1 saturated carbocycles. The second-order valence-corrected chi connectivity index (χ2v) is 5.52. The molecule has 0 bridgehead atoms. The van der Waals surface area contributed by atoms with Crippen LogP contribution in [0.15, 0.2) is 12.1 Å². The van der Waals surface area contributed by atoms with Crippen LogP contribution in [0, 0.1) is 5.92 Å². The largest absolute Gasteiger partial charge is 0.493 e. The van der Waals surface area contributed by atoms with Gasteiger partial charge in [-0.1, -0.05) is 6.92 Å². The number of hydrogen-bond donors (Lipinski definition) is 1. The highest BCUT2D eigenvalue weighted by atomic mass is 16.5. The van der Waals surface area contributed by atoms with Crippen LogP contribution in [0.1, 0.15) is 32.6 Å². The molecule has 1 aliphatic rings. The summed E-state index contributed by atoms with van der Waals surface area (Å²) in [4.78, 5) is 0. The first-order valence-electron chi connectivity index (χ1n) is 7.24. The highest BCUT2D eigenvalue weighted by Gasteiger charge is 2.19. The maximum absolute atomic E-state index is 5.38. The molecule has 0 aliphatic heterocycles. The third kappa shape index (κ3) is 3.30. The molecule has 2 rings (SSSR count). The number of hydrogen-bond acceptors (Lipinski definition) is 4. The van der Waals surface area contributed by atoms with Gasteiger partial charge in [-0.15, -0.1) is 0 Å². The van der Waals surface area contributed by atoms with Crippen molar-refractivity contribution in [2.45, 2.75) is 38.6 Å². The Morgan fingerprint density at radius 2 is 1.45 bits per heavy atom. The minimum atomic E-state index is 0.536. The van der Waals surface area contributed by atoms with Gasteiger partial charge in [0.1, 0.15) is 0 Å². The topological polar surface area (TPSA) is 39.7 Å². The summed E-state index contributed by atoms with van der Waals surface area (Å²) in [6, 6.07) is 4.48. The first-order chi connectivity index (χ1) is 9.67. The highest BCUT2D eigenvalue weighted by molar-refractivity contribution is 5.62. The van der Waals surface area contributed by atoms with Crippen LogP contribution in [0.2, 0.25) is 0 Å². The van der Waals surface area contributed by atoms with E-state index in [1.165, 1.54) is 25.7 Å². The van der Waals surface area contributed by atoms with Gasteiger partial charge in [0, 0.05) is 23.9 Å². The van der Waals surface area contributed by atoms with Crippen LogP contribution in [-0.4, -0.2) is 27.4 Å². The molecule has 0 atom stereocenters. The minimum absolute atomic E-state index is 0.536. The summed E-state index contributed by atoms with van der Waals surface area (Å²) in [6.45, 7) is 2.33. The summed E-state index contributed by atoms with van der Waals surface area (Å²) in [5.74, 6) is 2.88. The van der Waals surface area contributed by atoms with E-state index < -0.39 is 0 Å². The lowest BCUT2D eigenvalue weighted by molar-refractivity contribution is 0.324. The molecule has 1 aromatic carbocycles. The summed E-state index contributed by atoms with van der Waals surface area (Å²) in [5.41, 5.74) is 1.03. The standard InChI is InChI=1S/C16H25NO3/c1-11-5-7-12(8-6-11)17-13-9-14(18-2)16(20-4)15(10-13)19-3/h9-12,17H,5-8H2,1-4H3. The van der Waals surface area contributed by atoms with Gasteiger partial charge >= 0.3 is 0 Å². The van der Waals surface area contributed by atoms with Crippen LogP contribution >= 0.6 is 0 Å². The molecular formula is C16H25NO3. The van der Waals surface area contributed by atoms with Crippen molar-refractivity contribution in [3.8, 4) is 17.2 Å². The molecule has 1 fully saturated rings. The Balaban J connectivity index is 2.15. The van der Waals surface area contributed by atoms with Crippen LogP contribution in [0.4, 0.5) is 5.69 Å². The van der Waals surface area contributed by atoms with E-state index >= 15 is 0 Å². The molecule has 1 N–H and O–H groups in total. The quantitative estimate of drug-likeness (QED) is 0.892. The van der Waals surface area contributed by atoms with Crippen LogP contribution in [0.25, 0.3) is 0 Å². The third-order valence-electron chi connectivity index (χ3n) is 4.05. The summed E-state index contributed by atoms with van der Waals surface area (Å²) in [5, 5.41) is 3.59. The van der Waals surface area contributed by atoms with Crippen molar-refractivity contribution in [1.82, 2.24) is 0 Å². The number of methoxy groups -OCH3 is 3. The van der Waals surface area contributed by atoms with Crippen molar-refractivity contribution in [2.24, 2.45) is 5.92 Å². The van der Waals surface area contributed by atoms with E-state index in [9.17, 15) is 0 Å². The first kappa shape index (κ1) is 14.8. The second kappa shape index (κ2) is 6.73. The zero-order valence-corrected chi connectivity index (χ0v) is 12.9. The van der Waals surface area contributed by atoms with E-state index in [0.29, 0.717) is 23.3 Å². The van der Waals surface area contributed by atoms with Crippen LogP contribution < -0.4 is 19.5 Å². The molecule has 0 heterocycles. The summed E-state index contributed by atoms with van der Waals surface area (Å²) >= 11 is 0. The molecule has 4 heteroatoms. The van der Waals surface area contributed by atoms with Gasteiger partial charge in [-0.3, -0.25) is 0 Å². The van der Waals surface area contributed by atoms with Crippen LogP contribution in [0.5, 0.6) is 17.2 Å². The lowest BCUT2D eigenvalue weighted by atomic mass is 9.87. The Morgan fingerprint density at radius 3 is 1.90 bits per heavy atom. The molecule has 1 aliphatic carbocycles. The van der Waals surface area contributed by atoms with Crippen molar-refractivity contribution in [2.75, 3.05) is 26.6 Å². The van der Waals surface area contributed by atoms with Gasteiger partial charge in [0.2, 0.25) is 5.75 Å². The molecule has 0 saturated heterocycles. The van der Waals surface area contributed by atoms with E-state index in [1.807, 2.05) is 12.1 Å². The van der Waals surface area contributed by atoms with E-state index in [0.717, 1.165) is 11.6 Å². The molecule has 4 nitrogen and oxygen atoms in total. The molecule has 0 amide bonds. The fourth-order valence-corrected chi connectivity index (χ4v) is 2.80. The molecule has 0 radical (unpaired) electrons. The fourth-order valence-electron chi connectivity index (χ4n) is 2.80. The summed E-state index contributed by atoms with van der Waals surface area (Å²) in [7, 11) is 4.91. The molecule has 1 aromatic rings. The Morgan fingerprint density at radius 1 is 0.900 bits per heavy atom. The van der Waals surface area contributed by atoms with Gasteiger partial charge in [0.25, 0.3) is 0 Å². The number of anilines is 1. The zero-order chi connectivity index (χ0) is 14.5. The molecular weight excluding hydrogens is 254 g/mol.